The van der Waals surface area contributed by atoms with Gasteiger partial charge in [0.05, 0.1) is 33.6 Å². The lowest BCUT2D eigenvalue weighted by Crippen LogP contribution is -2.56. The van der Waals surface area contributed by atoms with E-state index in [1.165, 1.54) is 35.2 Å². The SMILES string of the molecule is CN1c2c(Cl)cccc2N(Cc2ccccc2C(F)(F)F)C(O)C1Cc1ccc(C(=O)O)cc1. The molecule has 2 N–H and O–H groups in total. The smallest absolute Gasteiger partial charge is 0.416 e. The lowest BCUT2D eigenvalue weighted by atomic mass is 9.96. The van der Waals surface area contributed by atoms with Gasteiger partial charge in [0.1, 0.15) is 6.23 Å². The number of likely N-dealkylation sites (N-methyl/N-ethyl adjacent to an activating group) is 1. The molecule has 0 radical (unpaired) electrons. The standard InChI is InChI=1S/C25H22ClF3N2O3/c1-30-21(13-15-9-11-16(12-10-15)24(33)34)23(32)31(20-8-4-7-19(26)22(20)30)14-17-5-2-3-6-18(17)25(27,28)29/h2-12,21,23,32H,13-14H2,1H3,(H,33,34). The Bertz CT molecular complexity index is 1200. The number of hydrogen-bond acceptors (Lipinski definition) is 4. The molecule has 2 unspecified atom stereocenters. The number of aliphatic hydroxyl groups excluding tert-OH is 1. The molecule has 3 aromatic carbocycles. The zero-order chi connectivity index (χ0) is 24.6. The van der Waals surface area contributed by atoms with Gasteiger partial charge in [-0.15, -0.1) is 0 Å². The molecule has 0 aliphatic carbocycles. The van der Waals surface area contributed by atoms with Crippen LogP contribution in [0.3, 0.4) is 0 Å². The van der Waals surface area contributed by atoms with Crippen molar-refractivity contribution < 1.29 is 28.2 Å². The van der Waals surface area contributed by atoms with Crippen molar-refractivity contribution in [2.45, 2.75) is 31.4 Å². The van der Waals surface area contributed by atoms with Crippen LogP contribution in [0.5, 0.6) is 0 Å². The molecule has 4 rings (SSSR count). The summed E-state index contributed by atoms with van der Waals surface area (Å²) in [6.07, 6.45) is -5.37. The van der Waals surface area contributed by atoms with Crippen molar-refractivity contribution in [1.82, 2.24) is 0 Å². The Balaban J connectivity index is 1.73. The summed E-state index contributed by atoms with van der Waals surface area (Å²) < 4.78 is 40.9. The average Bonchev–Trinajstić information content (AvgIpc) is 2.79. The molecule has 1 aliphatic heterocycles. The van der Waals surface area contributed by atoms with Gasteiger partial charge in [0.25, 0.3) is 0 Å². The van der Waals surface area contributed by atoms with Crippen molar-refractivity contribution in [3.8, 4) is 0 Å². The van der Waals surface area contributed by atoms with E-state index in [2.05, 4.69) is 0 Å². The van der Waals surface area contributed by atoms with E-state index in [1.807, 2.05) is 4.90 Å². The van der Waals surface area contributed by atoms with Gasteiger partial charge >= 0.3 is 12.1 Å². The molecule has 1 aliphatic rings. The maximum Gasteiger partial charge on any atom is 0.416 e. The number of carbonyl (C=O) groups is 1. The number of carboxylic acids is 1. The first-order valence-corrected chi connectivity index (χ1v) is 10.9. The molecule has 0 saturated heterocycles. The van der Waals surface area contributed by atoms with Gasteiger partial charge in [0, 0.05) is 13.6 Å². The molecule has 0 spiro atoms. The van der Waals surface area contributed by atoms with E-state index in [0.29, 0.717) is 22.8 Å². The molecular weight excluding hydrogens is 469 g/mol. The number of fused-ring (bicyclic) bond motifs is 1. The topological polar surface area (TPSA) is 64.0 Å². The fourth-order valence-electron chi connectivity index (χ4n) is 4.37. The number of anilines is 2. The zero-order valence-electron chi connectivity index (χ0n) is 18.1. The summed E-state index contributed by atoms with van der Waals surface area (Å²) in [6, 6.07) is 16.1. The molecule has 2 atom stereocenters. The number of halogens is 4. The number of aliphatic hydroxyl groups is 1. The lowest BCUT2D eigenvalue weighted by Gasteiger charge is -2.47. The molecule has 5 nitrogen and oxygen atoms in total. The van der Waals surface area contributed by atoms with Crippen molar-refractivity contribution in [2.24, 2.45) is 0 Å². The number of hydrogen-bond donors (Lipinski definition) is 2. The third-order valence-electron chi connectivity index (χ3n) is 6.10. The van der Waals surface area contributed by atoms with Gasteiger partial charge in [0.15, 0.2) is 0 Å². The van der Waals surface area contributed by atoms with Gasteiger partial charge in [-0.3, -0.25) is 0 Å². The van der Waals surface area contributed by atoms with Gasteiger partial charge in [0.2, 0.25) is 0 Å². The van der Waals surface area contributed by atoms with Crippen molar-refractivity contribution in [3.63, 3.8) is 0 Å². The molecule has 0 amide bonds. The van der Waals surface area contributed by atoms with E-state index in [-0.39, 0.29) is 17.7 Å². The summed E-state index contributed by atoms with van der Waals surface area (Å²) in [5, 5.41) is 20.9. The summed E-state index contributed by atoms with van der Waals surface area (Å²) in [6.45, 7) is -0.174. The van der Waals surface area contributed by atoms with E-state index >= 15 is 0 Å². The first-order chi connectivity index (χ1) is 16.1. The zero-order valence-corrected chi connectivity index (χ0v) is 18.9. The number of aromatic carboxylic acids is 1. The first kappa shape index (κ1) is 23.9. The monoisotopic (exact) mass is 490 g/mol. The highest BCUT2D eigenvalue weighted by atomic mass is 35.5. The number of alkyl halides is 3. The Morgan fingerprint density at radius 2 is 1.71 bits per heavy atom. The third-order valence-corrected chi connectivity index (χ3v) is 6.40. The molecule has 0 fully saturated rings. The Hall–Kier alpha value is -3.23. The molecule has 178 valence electrons. The highest BCUT2D eigenvalue weighted by Crippen LogP contribution is 2.44. The van der Waals surface area contributed by atoms with Gasteiger partial charge < -0.3 is 20.0 Å². The first-order valence-electron chi connectivity index (χ1n) is 10.5. The Kier molecular flexibility index (Phi) is 6.47. The Labute approximate surface area is 199 Å². The number of nitrogens with zero attached hydrogens (tertiary/aromatic N) is 2. The number of carboxylic acid groups (broad SMARTS) is 1. The van der Waals surface area contributed by atoms with E-state index in [1.54, 1.807) is 37.4 Å². The number of benzene rings is 3. The summed E-state index contributed by atoms with van der Waals surface area (Å²) in [5.41, 5.74) is 1.31. The summed E-state index contributed by atoms with van der Waals surface area (Å²) in [7, 11) is 1.77. The Morgan fingerprint density at radius 3 is 2.35 bits per heavy atom. The van der Waals surface area contributed by atoms with Crippen LogP contribution < -0.4 is 9.80 Å². The fourth-order valence-corrected chi connectivity index (χ4v) is 4.67. The molecule has 0 saturated carbocycles. The second-order valence-corrected chi connectivity index (χ2v) is 8.60. The molecule has 0 aromatic heterocycles. The minimum atomic E-state index is -4.53. The van der Waals surface area contributed by atoms with Gasteiger partial charge in [-0.25, -0.2) is 4.79 Å². The van der Waals surface area contributed by atoms with Gasteiger partial charge in [-0.05, 0) is 47.9 Å². The van der Waals surface area contributed by atoms with Crippen molar-refractivity contribution in [1.29, 1.82) is 0 Å². The maximum atomic E-state index is 13.6. The number of para-hydroxylation sites is 1. The summed E-state index contributed by atoms with van der Waals surface area (Å²) in [5.74, 6) is -1.04. The largest absolute Gasteiger partial charge is 0.478 e. The van der Waals surface area contributed by atoms with Crippen LogP contribution in [0.25, 0.3) is 0 Å². The van der Waals surface area contributed by atoms with Crippen molar-refractivity contribution in [3.05, 3.63) is 94.0 Å². The maximum absolute atomic E-state index is 13.6. The van der Waals surface area contributed by atoms with Crippen LogP contribution in [0.2, 0.25) is 5.02 Å². The van der Waals surface area contributed by atoms with Crippen LogP contribution in [-0.2, 0) is 19.1 Å². The minimum Gasteiger partial charge on any atom is -0.478 e. The van der Waals surface area contributed by atoms with Crippen LogP contribution in [0.15, 0.2) is 66.7 Å². The Morgan fingerprint density at radius 1 is 1.03 bits per heavy atom. The van der Waals surface area contributed by atoms with Crippen LogP contribution in [0, 0.1) is 0 Å². The van der Waals surface area contributed by atoms with Crippen LogP contribution >= 0.6 is 11.6 Å². The fraction of sp³-hybridized carbons (Fsp3) is 0.240. The van der Waals surface area contributed by atoms with Crippen molar-refractivity contribution >= 4 is 28.9 Å². The highest BCUT2D eigenvalue weighted by molar-refractivity contribution is 6.34. The highest BCUT2D eigenvalue weighted by Gasteiger charge is 2.39. The van der Waals surface area contributed by atoms with Crippen LogP contribution in [0.4, 0.5) is 24.5 Å². The second-order valence-electron chi connectivity index (χ2n) is 8.19. The quantitative estimate of drug-likeness (QED) is 0.498. The lowest BCUT2D eigenvalue weighted by molar-refractivity contribution is -0.138. The molecule has 34 heavy (non-hydrogen) atoms. The summed E-state index contributed by atoms with van der Waals surface area (Å²) >= 11 is 6.49. The van der Waals surface area contributed by atoms with Gasteiger partial charge in [-0.2, -0.15) is 13.2 Å². The third kappa shape index (κ3) is 4.56. The molecular formula is C25H22ClF3N2O3. The average molecular weight is 491 g/mol. The van der Waals surface area contributed by atoms with E-state index in [9.17, 15) is 23.1 Å². The predicted molar refractivity (Wildman–Crippen MR) is 124 cm³/mol. The van der Waals surface area contributed by atoms with Crippen molar-refractivity contribution in [2.75, 3.05) is 16.8 Å². The van der Waals surface area contributed by atoms with E-state index < -0.39 is 30.0 Å². The normalized spacial score (nSPS) is 18.1. The molecule has 3 aromatic rings. The number of rotatable bonds is 5. The molecule has 9 heteroatoms. The van der Waals surface area contributed by atoms with Gasteiger partial charge in [-0.1, -0.05) is 48.0 Å². The molecule has 1 heterocycles. The second kappa shape index (κ2) is 9.19. The van der Waals surface area contributed by atoms with E-state index in [0.717, 1.165) is 11.6 Å². The minimum absolute atomic E-state index is 0.0362. The van der Waals surface area contributed by atoms with E-state index in [4.69, 9.17) is 16.7 Å². The summed E-state index contributed by atoms with van der Waals surface area (Å²) in [4.78, 5) is 14.5. The molecule has 0 bridgehead atoms. The van der Waals surface area contributed by atoms with Crippen LogP contribution in [0.1, 0.15) is 27.0 Å². The van der Waals surface area contributed by atoms with Crippen LogP contribution in [-0.4, -0.2) is 35.5 Å². The predicted octanol–water partition coefficient (Wildman–Crippen LogP) is 5.44.